The van der Waals surface area contributed by atoms with E-state index in [4.69, 9.17) is 0 Å². The highest BCUT2D eigenvalue weighted by molar-refractivity contribution is 5.83. The molecule has 0 N–H and O–H groups in total. The van der Waals surface area contributed by atoms with Crippen molar-refractivity contribution in [3.8, 4) is 0 Å². The minimum atomic E-state index is -0.176. The molecule has 1 amide bonds. The van der Waals surface area contributed by atoms with Crippen molar-refractivity contribution in [1.29, 1.82) is 0 Å². The summed E-state index contributed by atoms with van der Waals surface area (Å²) in [5.74, 6) is 0.666. The SMILES string of the molecule is CCN1C[C@H]2CCN(Cc3ccccc3F)[C@H](C2)C1=O. The van der Waals surface area contributed by atoms with Gasteiger partial charge in [0.05, 0.1) is 6.04 Å². The van der Waals surface area contributed by atoms with Crippen molar-refractivity contribution in [2.75, 3.05) is 19.6 Å². The first-order chi connectivity index (χ1) is 9.69. The zero-order chi connectivity index (χ0) is 14.1. The summed E-state index contributed by atoms with van der Waals surface area (Å²) in [7, 11) is 0. The number of carbonyl (C=O) groups is 1. The van der Waals surface area contributed by atoms with Gasteiger partial charge in [0.25, 0.3) is 0 Å². The van der Waals surface area contributed by atoms with E-state index in [0.717, 1.165) is 32.5 Å². The Morgan fingerprint density at radius 3 is 2.90 bits per heavy atom. The Morgan fingerprint density at radius 1 is 1.35 bits per heavy atom. The zero-order valence-corrected chi connectivity index (χ0v) is 11.9. The Bertz CT molecular complexity index is 505. The predicted molar refractivity (Wildman–Crippen MR) is 75.6 cm³/mol. The molecule has 20 heavy (non-hydrogen) atoms. The van der Waals surface area contributed by atoms with E-state index in [-0.39, 0.29) is 17.8 Å². The molecule has 2 saturated heterocycles. The van der Waals surface area contributed by atoms with Gasteiger partial charge < -0.3 is 4.90 Å². The monoisotopic (exact) mass is 276 g/mol. The number of likely N-dealkylation sites (tertiary alicyclic amines) is 2. The third-order valence-electron chi connectivity index (χ3n) is 4.61. The normalized spacial score (nSPS) is 26.9. The quantitative estimate of drug-likeness (QED) is 0.845. The number of fused-ring (bicyclic) bond motifs is 2. The van der Waals surface area contributed by atoms with Crippen molar-refractivity contribution in [3.63, 3.8) is 0 Å². The minimum Gasteiger partial charge on any atom is -0.341 e. The summed E-state index contributed by atoms with van der Waals surface area (Å²) < 4.78 is 13.8. The van der Waals surface area contributed by atoms with Crippen LogP contribution in [0.15, 0.2) is 24.3 Å². The average Bonchev–Trinajstić information content (AvgIpc) is 2.47. The van der Waals surface area contributed by atoms with Crippen LogP contribution in [0.2, 0.25) is 0 Å². The lowest BCUT2D eigenvalue weighted by atomic mass is 9.85. The molecule has 3 nitrogen and oxygen atoms in total. The maximum absolute atomic E-state index is 13.8. The fraction of sp³-hybridized carbons (Fsp3) is 0.562. The number of nitrogens with zero attached hydrogens (tertiary/aromatic N) is 2. The van der Waals surface area contributed by atoms with Crippen LogP contribution in [-0.2, 0) is 11.3 Å². The van der Waals surface area contributed by atoms with Crippen molar-refractivity contribution < 1.29 is 9.18 Å². The Balaban J connectivity index is 1.77. The first-order valence-electron chi connectivity index (χ1n) is 7.45. The van der Waals surface area contributed by atoms with E-state index >= 15 is 0 Å². The smallest absolute Gasteiger partial charge is 0.239 e. The molecule has 2 aliphatic heterocycles. The number of piperidine rings is 2. The zero-order valence-electron chi connectivity index (χ0n) is 11.9. The second-order valence-corrected chi connectivity index (χ2v) is 5.84. The molecule has 0 spiro atoms. The van der Waals surface area contributed by atoms with Crippen molar-refractivity contribution in [2.45, 2.75) is 32.4 Å². The van der Waals surface area contributed by atoms with Crippen LogP contribution in [0.1, 0.15) is 25.3 Å². The molecule has 2 fully saturated rings. The van der Waals surface area contributed by atoms with Crippen LogP contribution in [0.4, 0.5) is 4.39 Å². The van der Waals surface area contributed by atoms with Crippen LogP contribution >= 0.6 is 0 Å². The first kappa shape index (κ1) is 13.6. The Hall–Kier alpha value is -1.42. The molecule has 2 heterocycles. The maximum atomic E-state index is 13.8. The fourth-order valence-corrected chi connectivity index (χ4v) is 3.44. The molecule has 3 rings (SSSR count). The number of halogens is 1. The van der Waals surface area contributed by atoms with Gasteiger partial charge in [-0.2, -0.15) is 0 Å². The predicted octanol–water partition coefficient (Wildman–Crippen LogP) is 2.27. The van der Waals surface area contributed by atoms with E-state index in [1.54, 1.807) is 6.07 Å². The standard InChI is InChI=1S/C16H21FN2O/c1-2-18-10-12-7-8-19(15(9-12)16(18)20)11-13-5-3-4-6-14(13)17/h3-6,12,15H,2,7-11H2,1H3/t12-,15+/m0/s1. The number of rotatable bonds is 3. The molecule has 0 aromatic heterocycles. The number of hydrogen-bond donors (Lipinski definition) is 0. The van der Waals surface area contributed by atoms with Crippen LogP contribution in [0.25, 0.3) is 0 Å². The molecule has 2 aliphatic rings. The molecule has 0 radical (unpaired) electrons. The van der Waals surface area contributed by atoms with Crippen molar-refractivity contribution in [3.05, 3.63) is 35.6 Å². The van der Waals surface area contributed by atoms with Gasteiger partial charge in [0.2, 0.25) is 5.91 Å². The first-order valence-corrected chi connectivity index (χ1v) is 7.45. The highest BCUT2D eigenvalue weighted by Gasteiger charge is 2.40. The van der Waals surface area contributed by atoms with Crippen LogP contribution in [0.3, 0.4) is 0 Å². The lowest BCUT2D eigenvalue weighted by Gasteiger charge is -2.46. The lowest BCUT2D eigenvalue weighted by Crippen LogP contribution is -2.58. The molecule has 108 valence electrons. The number of carbonyl (C=O) groups excluding carboxylic acids is 1. The van der Waals surface area contributed by atoms with Gasteiger partial charge in [-0.3, -0.25) is 9.69 Å². The van der Waals surface area contributed by atoms with Crippen molar-refractivity contribution in [1.82, 2.24) is 9.80 Å². The lowest BCUT2D eigenvalue weighted by molar-refractivity contribution is -0.145. The van der Waals surface area contributed by atoms with Crippen LogP contribution < -0.4 is 0 Å². The molecule has 0 unspecified atom stereocenters. The van der Waals surface area contributed by atoms with Crippen LogP contribution in [0.5, 0.6) is 0 Å². The maximum Gasteiger partial charge on any atom is 0.239 e. The molecule has 0 saturated carbocycles. The van der Waals surface area contributed by atoms with Gasteiger partial charge >= 0.3 is 0 Å². The number of likely N-dealkylation sites (N-methyl/N-ethyl adjacent to an activating group) is 1. The Morgan fingerprint density at radius 2 is 2.15 bits per heavy atom. The van der Waals surface area contributed by atoms with E-state index in [2.05, 4.69) is 4.90 Å². The van der Waals surface area contributed by atoms with E-state index < -0.39 is 0 Å². The third-order valence-corrected chi connectivity index (χ3v) is 4.61. The van der Waals surface area contributed by atoms with Crippen LogP contribution in [-0.4, -0.2) is 41.4 Å². The van der Waals surface area contributed by atoms with Crippen molar-refractivity contribution in [2.24, 2.45) is 5.92 Å². The number of benzene rings is 1. The van der Waals surface area contributed by atoms with E-state index in [9.17, 15) is 9.18 Å². The average molecular weight is 276 g/mol. The highest BCUT2D eigenvalue weighted by Crippen LogP contribution is 2.31. The number of amides is 1. The molecule has 1 aromatic carbocycles. The van der Waals surface area contributed by atoms with Gasteiger partial charge in [-0.1, -0.05) is 18.2 Å². The molecule has 2 atom stereocenters. The Labute approximate surface area is 119 Å². The fourth-order valence-electron chi connectivity index (χ4n) is 3.44. The molecule has 0 aliphatic carbocycles. The van der Waals surface area contributed by atoms with Gasteiger partial charge in [-0.05, 0) is 38.3 Å². The summed E-state index contributed by atoms with van der Waals surface area (Å²) in [5, 5.41) is 0. The van der Waals surface area contributed by atoms with Gasteiger partial charge in [-0.15, -0.1) is 0 Å². The summed E-state index contributed by atoms with van der Waals surface area (Å²) in [4.78, 5) is 16.5. The number of hydrogen-bond acceptors (Lipinski definition) is 2. The molecule has 1 aromatic rings. The minimum absolute atomic E-state index is 0.0537. The van der Waals surface area contributed by atoms with Gasteiger partial charge in [0, 0.05) is 25.2 Å². The third kappa shape index (κ3) is 2.44. The van der Waals surface area contributed by atoms with E-state index in [0.29, 0.717) is 18.0 Å². The second kappa shape index (κ2) is 5.52. The topological polar surface area (TPSA) is 23.6 Å². The second-order valence-electron chi connectivity index (χ2n) is 5.84. The summed E-state index contributed by atoms with van der Waals surface area (Å²) in [6, 6.07) is 6.80. The van der Waals surface area contributed by atoms with Crippen LogP contribution in [0, 0.1) is 11.7 Å². The van der Waals surface area contributed by atoms with Gasteiger partial charge in [0.1, 0.15) is 5.82 Å². The molecular formula is C16H21FN2O. The van der Waals surface area contributed by atoms with Gasteiger partial charge in [-0.25, -0.2) is 4.39 Å². The largest absolute Gasteiger partial charge is 0.341 e. The van der Waals surface area contributed by atoms with E-state index in [1.165, 1.54) is 6.07 Å². The summed E-state index contributed by atoms with van der Waals surface area (Å²) in [6.07, 6.45) is 2.04. The van der Waals surface area contributed by atoms with E-state index in [1.807, 2.05) is 24.0 Å². The van der Waals surface area contributed by atoms with Gasteiger partial charge in [0.15, 0.2) is 0 Å². The highest BCUT2D eigenvalue weighted by atomic mass is 19.1. The summed E-state index contributed by atoms with van der Waals surface area (Å²) in [6.45, 7) is 5.14. The molecule has 2 bridgehead atoms. The Kier molecular flexibility index (Phi) is 3.74. The summed E-state index contributed by atoms with van der Waals surface area (Å²) >= 11 is 0. The van der Waals surface area contributed by atoms with Crippen molar-refractivity contribution >= 4 is 5.91 Å². The molecular weight excluding hydrogens is 255 g/mol. The summed E-state index contributed by atoms with van der Waals surface area (Å²) in [5.41, 5.74) is 0.687. The molecule has 4 heteroatoms.